The van der Waals surface area contributed by atoms with Crippen molar-refractivity contribution in [2.24, 2.45) is 4.99 Å². The summed E-state index contributed by atoms with van der Waals surface area (Å²) in [6.07, 6.45) is -3.15. The predicted octanol–water partition coefficient (Wildman–Crippen LogP) is 7.30. The van der Waals surface area contributed by atoms with E-state index in [1.165, 1.54) is 6.07 Å². The van der Waals surface area contributed by atoms with Crippen LogP contribution in [0.5, 0.6) is 0 Å². The Morgan fingerprint density at radius 2 is 1.71 bits per heavy atom. The van der Waals surface area contributed by atoms with Crippen molar-refractivity contribution >= 4 is 28.0 Å². The minimum absolute atomic E-state index is 0.335. The first-order valence-corrected chi connectivity index (χ1v) is 12.5. The molecule has 4 aromatic rings. The average Bonchev–Trinajstić information content (AvgIpc) is 2.87. The van der Waals surface area contributed by atoms with Crippen molar-refractivity contribution in [1.29, 1.82) is 0 Å². The van der Waals surface area contributed by atoms with Crippen LogP contribution < -0.4 is 5.32 Å². The molecular weight excluding hydrogens is 487 g/mol. The summed E-state index contributed by atoms with van der Waals surface area (Å²) in [5.41, 5.74) is 4.99. The number of hydrogen-bond acceptors (Lipinski definition) is 5. The van der Waals surface area contributed by atoms with Crippen molar-refractivity contribution in [1.82, 2.24) is 15.1 Å². The van der Waals surface area contributed by atoms with Gasteiger partial charge in [-0.15, -0.1) is 10.2 Å². The van der Waals surface area contributed by atoms with E-state index in [0.29, 0.717) is 29.2 Å². The topological polar surface area (TPSA) is 53.4 Å². The first-order chi connectivity index (χ1) is 18.1. The highest BCUT2D eigenvalue weighted by molar-refractivity contribution is 6.03. The zero-order valence-electron chi connectivity index (χ0n) is 22.3. The molecule has 198 valence electrons. The lowest BCUT2D eigenvalue weighted by atomic mass is 9.98. The molecule has 0 spiro atoms. The Labute approximate surface area is 221 Å². The zero-order valence-corrected chi connectivity index (χ0v) is 22.3. The van der Waals surface area contributed by atoms with Gasteiger partial charge in [-0.1, -0.05) is 36.4 Å². The number of anilines is 2. The molecule has 0 bridgehead atoms. The van der Waals surface area contributed by atoms with Crippen molar-refractivity contribution in [3.8, 4) is 11.3 Å². The van der Waals surface area contributed by atoms with E-state index >= 15 is 0 Å². The summed E-state index contributed by atoms with van der Waals surface area (Å²) in [5, 5.41) is 13.7. The molecular formula is C30H32F3N5. The van der Waals surface area contributed by atoms with E-state index in [-0.39, 0.29) is 0 Å². The first kappa shape index (κ1) is 27.3. The van der Waals surface area contributed by atoms with Gasteiger partial charge in [-0.2, -0.15) is 13.2 Å². The van der Waals surface area contributed by atoms with Gasteiger partial charge in [0.25, 0.3) is 0 Å². The van der Waals surface area contributed by atoms with Crippen molar-refractivity contribution < 1.29 is 13.2 Å². The minimum Gasteiger partial charge on any atom is -0.338 e. The lowest BCUT2D eigenvalue weighted by molar-refractivity contribution is -0.137. The summed E-state index contributed by atoms with van der Waals surface area (Å²) in [6.45, 7) is 4.80. The molecule has 1 N–H and O–H groups in total. The molecule has 0 fully saturated rings. The van der Waals surface area contributed by atoms with Crippen molar-refractivity contribution in [3.63, 3.8) is 0 Å². The Kier molecular flexibility index (Phi) is 8.11. The van der Waals surface area contributed by atoms with Crippen LogP contribution in [0.25, 0.3) is 22.0 Å². The Bertz CT molecular complexity index is 1470. The molecule has 3 aromatic carbocycles. The lowest BCUT2D eigenvalue weighted by Gasteiger charge is -2.16. The number of nitrogens with zero attached hydrogens (tertiary/aromatic N) is 4. The highest BCUT2D eigenvalue weighted by atomic mass is 19.4. The molecule has 4 rings (SSSR count). The minimum atomic E-state index is -4.45. The van der Waals surface area contributed by atoms with Crippen LogP contribution in [0.3, 0.4) is 0 Å². The monoisotopic (exact) mass is 519 g/mol. The van der Waals surface area contributed by atoms with Crippen molar-refractivity contribution in [3.05, 3.63) is 82.9 Å². The quantitative estimate of drug-likeness (QED) is 0.248. The molecule has 0 saturated heterocycles. The summed E-state index contributed by atoms with van der Waals surface area (Å²) < 4.78 is 41.1. The summed E-state index contributed by atoms with van der Waals surface area (Å²) in [7, 11) is 5.66. The maximum absolute atomic E-state index is 13.7. The van der Waals surface area contributed by atoms with Gasteiger partial charge >= 0.3 is 6.18 Å². The van der Waals surface area contributed by atoms with Crippen LogP contribution in [0.4, 0.5) is 24.7 Å². The van der Waals surface area contributed by atoms with Gasteiger partial charge in [-0.3, -0.25) is 4.99 Å². The van der Waals surface area contributed by atoms with E-state index in [2.05, 4.69) is 26.6 Å². The molecule has 0 saturated carbocycles. The SMILES string of the molecule is CN=C(C)c1ccc(-c2nnc(Nc3cc(CCCN(C)C)cc(C(F)(F)F)c3)c3ccccc23)cc1C. The van der Waals surface area contributed by atoms with Crippen molar-refractivity contribution in [2.75, 3.05) is 33.0 Å². The third-order valence-electron chi connectivity index (χ3n) is 6.57. The number of halogens is 3. The zero-order chi connectivity index (χ0) is 27.4. The number of aromatic nitrogens is 2. The number of alkyl halides is 3. The number of aryl methyl sites for hydroxylation is 2. The van der Waals surface area contributed by atoms with Gasteiger partial charge in [-0.05, 0) is 88.3 Å². The summed E-state index contributed by atoms with van der Waals surface area (Å²) >= 11 is 0. The van der Waals surface area contributed by atoms with E-state index in [1.807, 2.05) is 69.2 Å². The Morgan fingerprint density at radius 3 is 2.37 bits per heavy atom. The van der Waals surface area contributed by atoms with E-state index in [0.717, 1.165) is 52.2 Å². The smallest absolute Gasteiger partial charge is 0.338 e. The van der Waals surface area contributed by atoms with Gasteiger partial charge in [0.05, 0.1) is 5.56 Å². The van der Waals surface area contributed by atoms with E-state index in [4.69, 9.17) is 0 Å². The summed E-state index contributed by atoms with van der Waals surface area (Å²) in [6, 6.07) is 17.8. The molecule has 0 aliphatic carbocycles. The van der Waals surface area contributed by atoms with Gasteiger partial charge in [0.2, 0.25) is 0 Å². The van der Waals surface area contributed by atoms with Crippen LogP contribution >= 0.6 is 0 Å². The molecule has 0 radical (unpaired) electrons. The van der Waals surface area contributed by atoms with Crippen molar-refractivity contribution in [2.45, 2.75) is 32.9 Å². The van der Waals surface area contributed by atoms with Crippen LogP contribution in [0, 0.1) is 6.92 Å². The molecule has 1 aromatic heterocycles. The Balaban J connectivity index is 1.73. The Hall–Kier alpha value is -3.78. The van der Waals surface area contributed by atoms with Crippen LogP contribution in [0.2, 0.25) is 0 Å². The molecule has 0 aliphatic rings. The van der Waals surface area contributed by atoms with Gasteiger partial charge in [0.15, 0.2) is 5.82 Å². The van der Waals surface area contributed by atoms with Gasteiger partial charge in [-0.25, -0.2) is 0 Å². The van der Waals surface area contributed by atoms with E-state index in [9.17, 15) is 13.2 Å². The second-order valence-electron chi connectivity index (χ2n) is 9.73. The fraction of sp³-hybridized carbons (Fsp3) is 0.300. The third-order valence-corrected chi connectivity index (χ3v) is 6.57. The first-order valence-electron chi connectivity index (χ1n) is 12.5. The second kappa shape index (κ2) is 11.3. The highest BCUT2D eigenvalue weighted by Crippen LogP contribution is 2.35. The normalized spacial score (nSPS) is 12.4. The van der Waals surface area contributed by atoms with E-state index < -0.39 is 11.7 Å². The van der Waals surface area contributed by atoms with Crippen LogP contribution in [0.15, 0.2) is 65.7 Å². The lowest BCUT2D eigenvalue weighted by Crippen LogP contribution is -2.14. The molecule has 8 heteroatoms. The maximum atomic E-state index is 13.7. The molecule has 0 unspecified atom stereocenters. The number of aliphatic imine (C=N–C) groups is 1. The Morgan fingerprint density at radius 1 is 0.974 bits per heavy atom. The third kappa shape index (κ3) is 6.19. The number of rotatable bonds is 8. The molecule has 0 atom stereocenters. The van der Waals surface area contributed by atoms with Crippen LogP contribution in [-0.2, 0) is 12.6 Å². The van der Waals surface area contributed by atoms with Crippen LogP contribution in [0.1, 0.15) is 35.6 Å². The number of fused-ring (bicyclic) bond motifs is 1. The summed E-state index contributed by atoms with van der Waals surface area (Å²) in [5.74, 6) is 0.408. The number of benzene rings is 3. The molecule has 0 aliphatic heterocycles. The molecule has 38 heavy (non-hydrogen) atoms. The fourth-order valence-electron chi connectivity index (χ4n) is 4.56. The fourth-order valence-corrected chi connectivity index (χ4v) is 4.56. The second-order valence-corrected chi connectivity index (χ2v) is 9.73. The van der Waals surface area contributed by atoms with Crippen LogP contribution in [-0.4, -0.2) is 48.5 Å². The molecule has 5 nitrogen and oxygen atoms in total. The predicted molar refractivity (Wildman–Crippen MR) is 149 cm³/mol. The summed E-state index contributed by atoms with van der Waals surface area (Å²) in [4.78, 5) is 6.30. The largest absolute Gasteiger partial charge is 0.416 e. The molecule has 1 heterocycles. The number of hydrogen-bond donors (Lipinski definition) is 1. The van der Waals surface area contributed by atoms with E-state index in [1.54, 1.807) is 13.1 Å². The van der Waals surface area contributed by atoms with Gasteiger partial charge in [0.1, 0.15) is 5.69 Å². The molecule has 0 amide bonds. The van der Waals surface area contributed by atoms with Gasteiger partial charge < -0.3 is 10.2 Å². The maximum Gasteiger partial charge on any atom is 0.416 e. The average molecular weight is 520 g/mol. The number of nitrogens with one attached hydrogen (secondary N) is 1. The van der Waals surface area contributed by atoms with Gasteiger partial charge in [0, 0.05) is 34.8 Å². The standard InChI is InChI=1S/C30H32F3N5/c1-19-15-22(12-13-25(19)20(2)34-3)28-26-10-6-7-11-27(26)29(37-36-28)35-24-17-21(9-8-14-38(4)5)16-23(18-24)30(31,32)33/h6-7,10-13,15-18H,8-9,14H2,1-5H3,(H,35,37). The highest BCUT2D eigenvalue weighted by Gasteiger charge is 2.31.